The van der Waals surface area contributed by atoms with Gasteiger partial charge in [0.05, 0.1) is 12.7 Å². The molecule has 1 rings (SSSR count). The zero-order valence-corrected chi connectivity index (χ0v) is 6.63. The molecule has 2 unspecified atom stereocenters. The average Bonchev–Trinajstić information content (AvgIpc) is 2.07. The lowest BCUT2D eigenvalue weighted by Crippen LogP contribution is -2.53. The van der Waals surface area contributed by atoms with E-state index in [1.165, 1.54) is 0 Å². The first-order chi connectivity index (χ1) is 5.66. The fourth-order valence-electron chi connectivity index (χ4n) is 1.25. The van der Waals surface area contributed by atoms with Crippen molar-refractivity contribution in [3.63, 3.8) is 0 Å². The van der Waals surface area contributed by atoms with Crippen molar-refractivity contribution in [3.05, 3.63) is 0 Å². The molecule has 72 valence electrons. The molecule has 1 aliphatic heterocycles. The number of hydrogen-bond acceptors (Lipinski definition) is 5. The van der Waals surface area contributed by atoms with Crippen LogP contribution in [0.25, 0.3) is 0 Å². The zero-order chi connectivity index (χ0) is 9.14. The quantitative estimate of drug-likeness (QED) is 0.387. The standard InChI is InChI=1S/C7H14O5/c8-2-1-5-7(11)6(10)4(9)3-12-5/h4-11H,1-3H2/t4-,5?,6?,7+/m0/s1. The molecule has 0 aromatic carbocycles. The van der Waals surface area contributed by atoms with Crippen LogP contribution >= 0.6 is 0 Å². The van der Waals surface area contributed by atoms with Crippen molar-refractivity contribution in [2.24, 2.45) is 0 Å². The molecule has 0 saturated carbocycles. The van der Waals surface area contributed by atoms with Crippen molar-refractivity contribution in [2.45, 2.75) is 30.8 Å². The minimum Gasteiger partial charge on any atom is -0.396 e. The summed E-state index contributed by atoms with van der Waals surface area (Å²) in [6, 6.07) is 0. The third-order valence-corrected chi connectivity index (χ3v) is 2.02. The Hall–Kier alpha value is -0.200. The molecule has 1 aliphatic rings. The highest BCUT2D eigenvalue weighted by atomic mass is 16.5. The summed E-state index contributed by atoms with van der Waals surface area (Å²) >= 11 is 0. The second-order valence-corrected chi connectivity index (χ2v) is 2.93. The van der Waals surface area contributed by atoms with E-state index in [2.05, 4.69) is 0 Å². The first kappa shape index (κ1) is 9.88. The summed E-state index contributed by atoms with van der Waals surface area (Å²) in [7, 11) is 0. The van der Waals surface area contributed by atoms with Crippen LogP contribution in [-0.2, 0) is 4.74 Å². The molecule has 1 fully saturated rings. The molecule has 0 aliphatic carbocycles. The summed E-state index contributed by atoms with van der Waals surface area (Å²) in [6.07, 6.45) is -3.62. The van der Waals surface area contributed by atoms with Crippen LogP contribution in [0.2, 0.25) is 0 Å². The van der Waals surface area contributed by atoms with Gasteiger partial charge in [-0.3, -0.25) is 0 Å². The minimum absolute atomic E-state index is 0.00287. The lowest BCUT2D eigenvalue weighted by atomic mass is 9.98. The van der Waals surface area contributed by atoms with E-state index in [0.29, 0.717) is 0 Å². The molecule has 0 spiro atoms. The van der Waals surface area contributed by atoms with E-state index < -0.39 is 24.4 Å². The average molecular weight is 178 g/mol. The lowest BCUT2D eigenvalue weighted by Gasteiger charge is -2.34. The highest BCUT2D eigenvalue weighted by molar-refractivity contribution is 4.86. The molecule has 0 amide bonds. The molecule has 0 bridgehead atoms. The van der Waals surface area contributed by atoms with Crippen molar-refractivity contribution in [3.8, 4) is 0 Å². The van der Waals surface area contributed by atoms with Gasteiger partial charge in [0.25, 0.3) is 0 Å². The maximum absolute atomic E-state index is 9.29. The van der Waals surface area contributed by atoms with Gasteiger partial charge in [-0.2, -0.15) is 0 Å². The normalized spacial score (nSPS) is 43.0. The van der Waals surface area contributed by atoms with Crippen LogP contribution in [-0.4, -0.2) is 58.1 Å². The van der Waals surface area contributed by atoms with Crippen molar-refractivity contribution in [1.82, 2.24) is 0 Å². The molecular weight excluding hydrogens is 164 g/mol. The first-order valence-corrected chi connectivity index (χ1v) is 3.93. The van der Waals surface area contributed by atoms with E-state index in [1.54, 1.807) is 0 Å². The van der Waals surface area contributed by atoms with Gasteiger partial charge >= 0.3 is 0 Å². The van der Waals surface area contributed by atoms with Gasteiger partial charge in [0.1, 0.15) is 18.3 Å². The Morgan fingerprint density at radius 3 is 2.42 bits per heavy atom. The Labute approximate surface area is 70.2 Å². The second kappa shape index (κ2) is 4.15. The molecule has 0 aromatic rings. The van der Waals surface area contributed by atoms with Gasteiger partial charge in [-0.05, 0) is 6.42 Å². The largest absolute Gasteiger partial charge is 0.396 e. The van der Waals surface area contributed by atoms with Crippen LogP contribution in [0.1, 0.15) is 6.42 Å². The van der Waals surface area contributed by atoms with Crippen molar-refractivity contribution in [2.75, 3.05) is 13.2 Å². The Bertz CT molecular complexity index is 140. The maximum Gasteiger partial charge on any atom is 0.111 e. The number of aliphatic hydroxyl groups is 4. The van der Waals surface area contributed by atoms with Gasteiger partial charge in [-0.15, -0.1) is 0 Å². The molecule has 12 heavy (non-hydrogen) atoms. The SMILES string of the molecule is OCCC1OC[C@H](O)C(O)[C@@H]1O. The molecule has 4 N–H and O–H groups in total. The molecule has 1 saturated heterocycles. The van der Waals surface area contributed by atoms with E-state index >= 15 is 0 Å². The molecule has 0 radical (unpaired) electrons. The number of aliphatic hydroxyl groups excluding tert-OH is 4. The monoisotopic (exact) mass is 178 g/mol. The third kappa shape index (κ3) is 1.94. The maximum atomic E-state index is 9.29. The highest BCUT2D eigenvalue weighted by Crippen LogP contribution is 2.17. The van der Waals surface area contributed by atoms with Crippen LogP contribution in [0.3, 0.4) is 0 Å². The predicted octanol–water partition coefficient (Wildman–Crippen LogP) is -2.15. The van der Waals surface area contributed by atoms with Gasteiger partial charge in [0.2, 0.25) is 0 Å². The Morgan fingerprint density at radius 2 is 1.83 bits per heavy atom. The van der Waals surface area contributed by atoms with Gasteiger partial charge in [-0.1, -0.05) is 0 Å². The molecule has 0 aromatic heterocycles. The minimum atomic E-state index is -1.17. The van der Waals surface area contributed by atoms with E-state index in [9.17, 15) is 10.2 Å². The Kier molecular flexibility index (Phi) is 3.42. The summed E-state index contributed by atoms with van der Waals surface area (Å²) < 4.78 is 4.99. The Morgan fingerprint density at radius 1 is 1.17 bits per heavy atom. The van der Waals surface area contributed by atoms with Crippen LogP contribution in [0, 0.1) is 0 Å². The van der Waals surface area contributed by atoms with Crippen LogP contribution < -0.4 is 0 Å². The summed E-state index contributed by atoms with van der Waals surface area (Å²) in [5.74, 6) is 0. The fourth-order valence-corrected chi connectivity index (χ4v) is 1.25. The van der Waals surface area contributed by atoms with Gasteiger partial charge in [0.15, 0.2) is 0 Å². The Balaban J connectivity index is 2.46. The summed E-state index contributed by atoms with van der Waals surface area (Å²) in [6.45, 7) is -0.104. The topological polar surface area (TPSA) is 90.2 Å². The highest BCUT2D eigenvalue weighted by Gasteiger charge is 2.36. The van der Waals surface area contributed by atoms with Crippen LogP contribution in [0.5, 0.6) is 0 Å². The van der Waals surface area contributed by atoms with Crippen molar-refractivity contribution < 1.29 is 25.2 Å². The fraction of sp³-hybridized carbons (Fsp3) is 1.00. The number of hydrogen-bond donors (Lipinski definition) is 4. The third-order valence-electron chi connectivity index (χ3n) is 2.02. The summed E-state index contributed by atoms with van der Waals surface area (Å²) in [5, 5.41) is 36.1. The number of ether oxygens (including phenoxy) is 1. The second-order valence-electron chi connectivity index (χ2n) is 2.93. The molecule has 4 atom stereocenters. The van der Waals surface area contributed by atoms with Crippen LogP contribution in [0.4, 0.5) is 0 Å². The van der Waals surface area contributed by atoms with Crippen LogP contribution in [0.15, 0.2) is 0 Å². The van der Waals surface area contributed by atoms with Gasteiger partial charge < -0.3 is 25.2 Å². The van der Waals surface area contributed by atoms with E-state index in [1.807, 2.05) is 0 Å². The summed E-state index contributed by atoms with van der Waals surface area (Å²) in [4.78, 5) is 0. The van der Waals surface area contributed by atoms with E-state index in [4.69, 9.17) is 14.9 Å². The predicted molar refractivity (Wildman–Crippen MR) is 39.5 cm³/mol. The molecule has 5 nitrogen and oxygen atoms in total. The molecule has 5 heteroatoms. The molecule has 1 heterocycles. The molecular formula is C7H14O5. The van der Waals surface area contributed by atoms with Crippen molar-refractivity contribution in [1.29, 1.82) is 0 Å². The number of rotatable bonds is 2. The van der Waals surface area contributed by atoms with Crippen molar-refractivity contribution >= 4 is 0 Å². The smallest absolute Gasteiger partial charge is 0.111 e. The lowest BCUT2D eigenvalue weighted by molar-refractivity contribution is -0.189. The first-order valence-electron chi connectivity index (χ1n) is 3.93. The zero-order valence-electron chi connectivity index (χ0n) is 6.63. The van der Waals surface area contributed by atoms with E-state index in [-0.39, 0.29) is 19.6 Å². The summed E-state index contributed by atoms with van der Waals surface area (Å²) in [5.41, 5.74) is 0. The van der Waals surface area contributed by atoms with E-state index in [0.717, 1.165) is 0 Å². The van der Waals surface area contributed by atoms with Gasteiger partial charge in [0, 0.05) is 6.61 Å². The van der Waals surface area contributed by atoms with Gasteiger partial charge in [-0.25, -0.2) is 0 Å².